The average Bonchev–Trinajstić information content (AvgIpc) is 3.18. The Balaban J connectivity index is 1.57. The molecule has 1 aromatic carbocycles. The van der Waals surface area contributed by atoms with E-state index in [9.17, 15) is 4.79 Å². The minimum atomic E-state index is 0.0404. The van der Waals surface area contributed by atoms with Crippen molar-refractivity contribution in [2.45, 2.75) is 12.5 Å². The highest BCUT2D eigenvalue weighted by atomic mass is 32.1. The number of ether oxygens (including phenoxy) is 2. The van der Waals surface area contributed by atoms with Gasteiger partial charge in [-0.15, -0.1) is 0 Å². The van der Waals surface area contributed by atoms with Crippen molar-refractivity contribution in [1.29, 1.82) is 0 Å². The summed E-state index contributed by atoms with van der Waals surface area (Å²) in [5.41, 5.74) is 2.24. The van der Waals surface area contributed by atoms with E-state index >= 15 is 0 Å². The standard InChI is InChI=1S/C19H24N2O3S/c1-23-17-4-2-15(3-5-17)12-19(22)20-13-18(16-6-11-25-14-16)21-7-9-24-10-8-21/h2-6,11,14,18H,7-10,12-13H2,1H3,(H,20,22)/t18-/m1/s1. The van der Waals surface area contributed by atoms with Gasteiger partial charge < -0.3 is 14.8 Å². The Morgan fingerprint density at radius 1 is 1.28 bits per heavy atom. The van der Waals surface area contributed by atoms with Gasteiger partial charge in [0.05, 0.1) is 32.8 Å². The SMILES string of the molecule is COc1ccc(CC(=O)NC[C@H](c2ccsc2)N2CCOCC2)cc1. The lowest BCUT2D eigenvalue weighted by atomic mass is 10.1. The molecule has 0 radical (unpaired) electrons. The molecule has 1 N–H and O–H groups in total. The van der Waals surface area contributed by atoms with E-state index in [4.69, 9.17) is 9.47 Å². The lowest BCUT2D eigenvalue weighted by Gasteiger charge is -2.34. The number of hydrogen-bond donors (Lipinski definition) is 1. The second-order valence-electron chi connectivity index (χ2n) is 6.05. The number of nitrogens with one attached hydrogen (secondary N) is 1. The predicted molar refractivity (Wildman–Crippen MR) is 99.2 cm³/mol. The molecule has 1 aliphatic heterocycles. The van der Waals surface area contributed by atoms with Crippen LogP contribution < -0.4 is 10.1 Å². The molecule has 0 saturated carbocycles. The predicted octanol–water partition coefficient (Wildman–Crippen LogP) is 2.49. The highest BCUT2D eigenvalue weighted by Crippen LogP contribution is 2.23. The third-order valence-electron chi connectivity index (χ3n) is 4.43. The van der Waals surface area contributed by atoms with Crippen LogP contribution in [-0.2, 0) is 16.0 Å². The maximum Gasteiger partial charge on any atom is 0.224 e. The number of amides is 1. The number of morpholine rings is 1. The summed E-state index contributed by atoms with van der Waals surface area (Å²) >= 11 is 1.69. The van der Waals surface area contributed by atoms with Crippen molar-refractivity contribution in [3.63, 3.8) is 0 Å². The number of benzene rings is 1. The Morgan fingerprint density at radius 3 is 2.68 bits per heavy atom. The fourth-order valence-corrected chi connectivity index (χ4v) is 3.72. The summed E-state index contributed by atoms with van der Waals surface area (Å²) in [6.07, 6.45) is 0.378. The molecule has 0 bridgehead atoms. The van der Waals surface area contributed by atoms with E-state index in [1.54, 1.807) is 18.4 Å². The fraction of sp³-hybridized carbons (Fsp3) is 0.421. The minimum absolute atomic E-state index is 0.0404. The van der Waals surface area contributed by atoms with Crippen molar-refractivity contribution in [3.8, 4) is 5.75 Å². The molecule has 2 heterocycles. The van der Waals surface area contributed by atoms with E-state index in [0.29, 0.717) is 13.0 Å². The number of thiophene rings is 1. The first kappa shape index (κ1) is 17.9. The van der Waals surface area contributed by atoms with Crippen molar-refractivity contribution in [2.24, 2.45) is 0 Å². The quantitative estimate of drug-likeness (QED) is 0.824. The summed E-state index contributed by atoms with van der Waals surface area (Å²) in [5, 5.41) is 7.35. The van der Waals surface area contributed by atoms with Crippen molar-refractivity contribution < 1.29 is 14.3 Å². The van der Waals surface area contributed by atoms with Gasteiger partial charge in [-0.05, 0) is 40.1 Å². The van der Waals surface area contributed by atoms with Crippen LogP contribution in [0.4, 0.5) is 0 Å². The Hall–Kier alpha value is -1.89. The molecule has 6 heteroatoms. The molecule has 0 spiro atoms. The second-order valence-corrected chi connectivity index (χ2v) is 6.83. The zero-order valence-electron chi connectivity index (χ0n) is 14.4. The highest BCUT2D eigenvalue weighted by Gasteiger charge is 2.23. The first-order valence-corrected chi connectivity index (χ1v) is 9.44. The zero-order chi connectivity index (χ0) is 17.5. The maximum atomic E-state index is 12.3. The Morgan fingerprint density at radius 2 is 2.04 bits per heavy atom. The molecule has 1 fully saturated rings. The second kappa shape index (κ2) is 8.99. The number of methoxy groups -OCH3 is 1. The Labute approximate surface area is 152 Å². The lowest BCUT2D eigenvalue weighted by Crippen LogP contribution is -2.43. The molecule has 1 atom stereocenters. The molecule has 0 aliphatic carbocycles. The number of carbonyl (C=O) groups is 1. The molecule has 5 nitrogen and oxygen atoms in total. The van der Waals surface area contributed by atoms with Crippen LogP contribution in [0.2, 0.25) is 0 Å². The van der Waals surface area contributed by atoms with Gasteiger partial charge in [-0.1, -0.05) is 12.1 Å². The molecular formula is C19H24N2O3S. The summed E-state index contributed by atoms with van der Waals surface area (Å²) in [6.45, 7) is 3.91. The number of nitrogens with zero attached hydrogens (tertiary/aromatic N) is 1. The van der Waals surface area contributed by atoms with Crippen molar-refractivity contribution >= 4 is 17.2 Å². The topological polar surface area (TPSA) is 50.8 Å². The van der Waals surface area contributed by atoms with Crippen LogP contribution in [0.3, 0.4) is 0 Å². The molecule has 1 saturated heterocycles. The third-order valence-corrected chi connectivity index (χ3v) is 5.13. The van der Waals surface area contributed by atoms with Gasteiger partial charge in [0, 0.05) is 19.6 Å². The van der Waals surface area contributed by atoms with Gasteiger partial charge in [0.15, 0.2) is 0 Å². The smallest absolute Gasteiger partial charge is 0.224 e. The molecule has 1 aliphatic rings. The number of carbonyl (C=O) groups excluding carboxylic acids is 1. The van der Waals surface area contributed by atoms with Gasteiger partial charge in [-0.2, -0.15) is 11.3 Å². The van der Waals surface area contributed by atoms with Gasteiger partial charge in [-0.3, -0.25) is 9.69 Å². The van der Waals surface area contributed by atoms with Gasteiger partial charge in [0.1, 0.15) is 5.75 Å². The normalized spacial score (nSPS) is 16.4. The fourth-order valence-electron chi connectivity index (χ4n) is 3.01. The van der Waals surface area contributed by atoms with E-state index in [2.05, 4.69) is 27.0 Å². The maximum absolute atomic E-state index is 12.3. The van der Waals surface area contributed by atoms with E-state index in [0.717, 1.165) is 37.6 Å². The van der Waals surface area contributed by atoms with Crippen LogP contribution in [0.1, 0.15) is 17.2 Å². The lowest BCUT2D eigenvalue weighted by molar-refractivity contribution is -0.120. The van der Waals surface area contributed by atoms with E-state index in [1.165, 1.54) is 5.56 Å². The summed E-state index contributed by atoms with van der Waals surface area (Å²) in [4.78, 5) is 14.7. The Bertz CT molecular complexity index is 652. The van der Waals surface area contributed by atoms with Crippen LogP contribution in [0.15, 0.2) is 41.1 Å². The van der Waals surface area contributed by atoms with Crippen molar-refractivity contribution in [3.05, 3.63) is 52.2 Å². The summed E-state index contributed by atoms with van der Waals surface area (Å²) in [6, 6.07) is 9.96. The molecule has 3 rings (SSSR count). The van der Waals surface area contributed by atoms with Gasteiger partial charge >= 0.3 is 0 Å². The first-order valence-electron chi connectivity index (χ1n) is 8.50. The monoisotopic (exact) mass is 360 g/mol. The number of hydrogen-bond acceptors (Lipinski definition) is 5. The van der Waals surface area contributed by atoms with Crippen LogP contribution in [0.5, 0.6) is 5.75 Å². The van der Waals surface area contributed by atoms with Crippen LogP contribution in [0, 0.1) is 0 Å². The first-order chi connectivity index (χ1) is 12.3. The summed E-state index contributed by atoms with van der Waals surface area (Å²) < 4.78 is 10.6. The Kier molecular flexibility index (Phi) is 6.44. The third kappa shape index (κ3) is 5.04. The molecule has 25 heavy (non-hydrogen) atoms. The molecule has 1 amide bonds. The van der Waals surface area contributed by atoms with Crippen molar-refractivity contribution in [1.82, 2.24) is 10.2 Å². The highest BCUT2D eigenvalue weighted by molar-refractivity contribution is 7.07. The average molecular weight is 360 g/mol. The molecule has 134 valence electrons. The van der Waals surface area contributed by atoms with Crippen LogP contribution in [-0.4, -0.2) is 50.8 Å². The van der Waals surface area contributed by atoms with E-state index in [-0.39, 0.29) is 11.9 Å². The zero-order valence-corrected chi connectivity index (χ0v) is 15.3. The minimum Gasteiger partial charge on any atom is -0.497 e. The van der Waals surface area contributed by atoms with E-state index in [1.807, 2.05) is 24.3 Å². The molecule has 1 aromatic heterocycles. The van der Waals surface area contributed by atoms with Gasteiger partial charge in [0.2, 0.25) is 5.91 Å². The summed E-state index contributed by atoms with van der Waals surface area (Å²) in [5.74, 6) is 0.840. The van der Waals surface area contributed by atoms with Crippen LogP contribution >= 0.6 is 11.3 Å². The largest absolute Gasteiger partial charge is 0.497 e. The van der Waals surface area contributed by atoms with Crippen molar-refractivity contribution in [2.75, 3.05) is 40.0 Å². The number of rotatable bonds is 7. The van der Waals surface area contributed by atoms with E-state index < -0.39 is 0 Å². The van der Waals surface area contributed by atoms with Gasteiger partial charge in [-0.25, -0.2) is 0 Å². The van der Waals surface area contributed by atoms with Crippen LogP contribution in [0.25, 0.3) is 0 Å². The molecular weight excluding hydrogens is 336 g/mol. The molecule has 2 aromatic rings. The summed E-state index contributed by atoms with van der Waals surface area (Å²) in [7, 11) is 1.64. The van der Waals surface area contributed by atoms with Gasteiger partial charge in [0.25, 0.3) is 0 Å². The molecule has 0 unspecified atom stereocenters.